The van der Waals surface area contributed by atoms with Crippen molar-refractivity contribution in [2.45, 2.75) is 75.7 Å². The van der Waals surface area contributed by atoms with Crippen LogP contribution >= 0.6 is 0 Å². The first-order chi connectivity index (χ1) is 19.0. The average molecular weight is 533 g/mol. The number of nitrogens with zero attached hydrogens (tertiary/aromatic N) is 2. The summed E-state index contributed by atoms with van der Waals surface area (Å²) in [6.45, 7) is 1.64. The van der Waals surface area contributed by atoms with Gasteiger partial charge in [0.1, 0.15) is 0 Å². The zero-order chi connectivity index (χ0) is 27.2. The molecule has 1 aliphatic heterocycles. The minimum atomic E-state index is -0.663. The maximum absolute atomic E-state index is 13.7. The first-order valence-electron chi connectivity index (χ1n) is 14.5. The quantitative estimate of drug-likeness (QED) is 0.472. The van der Waals surface area contributed by atoms with Crippen LogP contribution in [0, 0.1) is 11.8 Å². The molecule has 8 heteroatoms. The number of allylic oxidation sites excluding steroid dienone is 1. The third kappa shape index (κ3) is 6.16. The highest BCUT2D eigenvalue weighted by Gasteiger charge is 2.40. The zero-order valence-corrected chi connectivity index (χ0v) is 22.6. The van der Waals surface area contributed by atoms with Crippen molar-refractivity contribution in [3.8, 4) is 0 Å². The topological polar surface area (TPSA) is 119 Å². The predicted octanol–water partition coefficient (Wildman–Crippen LogP) is 4.25. The molecule has 2 heterocycles. The molecule has 1 spiro atoms. The van der Waals surface area contributed by atoms with Gasteiger partial charge < -0.3 is 20.5 Å². The van der Waals surface area contributed by atoms with Crippen LogP contribution in [0.15, 0.2) is 47.1 Å². The van der Waals surface area contributed by atoms with Crippen LogP contribution in [-0.2, 0) is 15.0 Å². The van der Waals surface area contributed by atoms with Crippen LogP contribution in [0.25, 0.3) is 6.08 Å². The highest BCUT2D eigenvalue weighted by Crippen LogP contribution is 2.43. The molecule has 1 saturated carbocycles. The summed E-state index contributed by atoms with van der Waals surface area (Å²) in [5, 5.41) is 6.50. The van der Waals surface area contributed by atoms with Gasteiger partial charge in [0.15, 0.2) is 5.78 Å². The molecule has 2 atom stereocenters. The Kier molecular flexibility index (Phi) is 8.60. The lowest BCUT2D eigenvalue weighted by atomic mass is 9.74. The van der Waals surface area contributed by atoms with Crippen molar-refractivity contribution in [3.63, 3.8) is 0 Å². The highest BCUT2D eigenvalue weighted by molar-refractivity contribution is 5.97. The number of carbonyl (C=O) groups excluding carboxylic acids is 3. The molecule has 8 nitrogen and oxygen atoms in total. The molecule has 1 aromatic carbocycles. The summed E-state index contributed by atoms with van der Waals surface area (Å²) in [6, 6.07) is 9.31. The lowest BCUT2D eigenvalue weighted by Gasteiger charge is -2.40. The predicted molar refractivity (Wildman–Crippen MR) is 149 cm³/mol. The minimum absolute atomic E-state index is 0.00288. The average Bonchev–Trinajstić information content (AvgIpc) is 3.63. The second-order valence-corrected chi connectivity index (χ2v) is 11.5. The van der Waals surface area contributed by atoms with Crippen LogP contribution in [0.2, 0.25) is 0 Å². The number of hydrogen-bond donors (Lipinski definition) is 2. The van der Waals surface area contributed by atoms with Crippen molar-refractivity contribution in [2.24, 2.45) is 17.6 Å². The molecule has 2 fully saturated rings. The number of nitrogens with one attached hydrogen (secondary N) is 1. The first-order valence-corrected chi connectivity index (χ1v) is 14.5. The summed E-state index contributed by atoms with van der Waals surface area (Å²) in [5.74, 6) is -0.588. The summed E-state index contributed by atoms with van der Waals surface area (Å²) >= 11 is 0. The van der Waals surface area contributed by atoms with Crippen LogP contribution in [-0.4, -0.2) is 53.3 Å². The van der Waals surface area contributed by atoms with E-state index in [2.05, 4.69) is 46.9 Å². The number of nitrogens with two attached hydrogens (primary N) is 1. The number of hydrogen-bond acceptors (Lipinski definition) is 6. The standard InChI is InChI=1S/C31H40N4O4/c32-16-11-24(30(38)35-18-14-31(15-19-35)13-10-23-8-4-5-9-25(23)31)21-27(36)26(20-22-6-2-1-3-7-22)34-29(37)28-12-17-33-39-28/h4-5,8-10,12-13,17,22,24,26H,1-3,6-7,11,14-16,18-21,32H2,(H,34,37)/t24-,26+/m1/s1. The number of piperidine rings is 1. The Morgan fingerprint density at radius 2 is 1.87 bits per heavy atom. The molecule has 2 amide bonds. The molecule has 0 radical (unpaired) electrons. The fraction of sp³-hybridized carbons (Fsp3) is 0.548. The van der Waals surface area contributed by atoms with Crippen LogP contribution in [0.4, 0.5) is 0 Å². The molecular weight excluding hydrogens is 492 g/mol. The Morgan fingerprint density at radius 3 is 2.59 bits per heavy atom. The van der Waals surface area contributed by atoms with Gasteiger partial charge in [-0.05, 0) is 49.3 Å². The Balaban J connectivity index is 1.24. The van der Waals surface area contributed by atoms with Gasteiger partial charge in [0.2, 0.25) is 11.7 Å². The number of benzene rings is 1. The number of rotatable bonds is 10. The maximum atomic E-state index is 13.7. The second kappa shape index (κ2) is 12.3. The van der Waals surface area contributed by atoms with Crippen molar-refractivity contribution in [2.75, 3.05) is 19.6 Å². The maximum Gasteiger partial charge on any atom is 0.290 e. The number of likely N-dealkylation sites (tertiary alicyclic amines) is 1. The van der Waals surface area contributed by atoms with Gasteiger partial charge in [0.05, 0.1) is 12.2 Å². The SMILES string of the molecule is NCC[C@H](CC(=O)[C@H](CC1CCCCC1)NC(=O)c1ccno1)C(=O)N1CCC2(C=Cc3ccccc32)CC1. The summed E-state index contributed by atoms with van der Waals surface area (Å²) < 4.78 is 5.01. The van der Waals surface area contributed by atoms with E-state index in [1.807, 2.05) is 4.90 Å². The third-order valence-electron chi connectivity index (χ3n) is 9.01. The van der Waals surface area contributed by atoms with E-state index in [0.29, 0.717) is 38.4 Å². The Labute approximate surface area is 230 Å². The zero-order valence-electron chi connectivity index (χ0n) is 22.6. The summed E-state index contributed by atoms with van der Waals surface area (Å²) in [5.41, 5.74) is 8.51. The van der Waals surface area contributed by atoms with Crippen LogP contribution < -0.4 is 11.1 Å². The van der Waals surface area contributed by atoms with Gasteiger partial charge in [0.25, 0.3) is 5.91 Å². The number of carbonyl (C=O) groups is 3. The van der Waals surface area contributed by atoms with Gasteiger partial charge in [-0.25, -0.2) is 0 Å². The molecular formula is C31H40N4O4. The lowest BCUT2D eigenvalue weighted by Crippen LogP contribution is -2.48. The Bertz CT molecular complexity index is 1180. The van der Waals surface area contributed by atoms with Crippen LogP contribution in [0.5, 0.6) is 0 Å². The molecule has 2 aromatic rings. The third-order valence-corrected chi connectivity index (χ3v) is 9.01. The molecule has 3 aliphatic rings. The fourth-order valence-electron chi connectivity index (χ4n) is 6.74. The van der Waals surface area contributed by atoms with E-state index in [-0.39, 0.29) is 29.3 Å². The molecule has 1 saturated heterocycles. The van der Waals surface area contributed by atoms with Crippen molar-refractivity contribution in [1.29, 1.82) is 0 Å². The number of fused-ring (bicyclic) bond motifs is 2. The van der Waals surface area contributed by atoms with Gasteiger partial charge in [-0.15, -0.1) is 0 Å². The molecule has 0 bridgehead atoms. The number of ketones is 1. The molecule has 2 aliphatic carbocycles. The van der Waals surface area contributed by atoms with Gasteiger partial charge in [0, 0.05) is 36.9 Å². The van der Waals surface area contributed by atoms with Gasteiger partial charge >= 0.3 is 0 Å². The second-order valence-electron chi connectivity index (χ2n) is 11.5. The van der Waals surface area contributed by atoms with E-state index < -0.39 is 17.9 Å². The minimum Gasteiger partial charge on any atom is -0.351 e. The van der Waals surface area contributed by atoms with Crippen LogP contribution in [0.3, 0.4) is 0 Å². The fourth-order valence-corrected chi connectivity index (χ4v) is 6.74. The number of aromatic nitrogens is 1. The number of amides is 2. The summed E-state index contributed by atoms with van der Waals surface area (Å²) in [7, 11) is 0. The van der Waals surface area contributed by atoms with E-state index in [9.17, 15) is 14.4 Å². The van der Waals surface area contributed by atoms with Crippen molar-refractivity contribution in [3.05, 3.63) is 59.5 Å². The van der Waals surface area contributed by atoms with Crippen LogP contribution in [0.1, 0.15) is 85.9 Å². The molecule has 208 valence electrons. The number of Topliss-reactive ketones (excluding diaryl/α,β-unsaturated/α-hetero) is 1. The van der Waals surface area contributed by atoms with Crippen molar-refractivity contribution >= 4 is 23.7 Å². The van der Waals surface area contributed by atoms with E-state index in [4.69, 9.17) is 10.3 Å². The van der Waals surface area contributed by atoms with Crippen molar-refractivity contribution < 1.29 is 18.9 Å². The van der Waals surface area contributed by atoms with Gasteiger partial charge in [-0.3, -0.25) is 14.4 Å². The Morgan fingerprint density at radius 1 is 1.10 bits per heavy atom. The molecule has 5 rings (SSSR count). The molecule has 39 heavy (non-hydrogen) atoms. The van der Waals surface area contributed by atoms with Gasteiger partial charge in [-0.2, -0.15) is 0 Å². The smallest absolute Gasteiger partial charge is 0.290 e. The summed E-state index contributed by atoms with van der Waals surface area (Å²) in [6.07, 6.45) is 14.4. The lowest BCUT2D eigenvalue weighted by molar-refractivity contribution is -0.139. The normalized spacial score (nSPS) is 20.0. The van der Waals surface area contributed by atoms with Crippen molar-refractivity contribution in [1.82, 2.24) is 15.4 Å². The first kappa shape index (κ1) is 27.3. The summed E-state index contributed by atoms with van der Waals surface area (Å²) in [4.78, 5) is 42.0. The monoisotopic (exact) mass is 532 g/mol. The molecule has 0 unspecified atom stereocenters. The largest absolute Gasteiger partial charge is 0.351 e. The highest BCUT2D eigenvalue weighted by atomic mass is 16.5. The van der Waals surface area contributed by atoms with E-state index in [0.717, 1.165) is 38.5 Å². The van der Waals surface area contributed by atoms with Gasteiger partial charge in [-0.1, -0.05) is 73.7 Å². The molecule has 1 aromatic heterocycles. The Hall–Kier alpha value is -3.26. The van der Waals surface area contributed by atoms with E-state index in [1.165, 1.54) is 29.8 Å². The van der Waals surface area contributed by atoms with E-state index in [1.54, 1.807) is 0 Å². The molecule has 3 N–H and O–H groups in total. The van der Waals surface area contributed by atoms with E-state index >= 15 is 0 Å².